The number of nitrogens with zero attached hydrogens (tertiary/aromatic N) is 1. The van der Waals surface area contributed by atoms with Gasteiger partial charge < -0.3 is 0 Å². The van der Waals surface area contributed by atoms with Gasteiger partial charge in [0.25, 0.3) is 5.69 Å². The normalized spacial score (nSPS) is 18.2. The van der Waals surface area contributed by atoms with E-state index in [2.05, 4.69) is 0 Å². The fraction of sp³-hybridized carbons (Fsp3) is 0.143. The number of carbonyl (C=O) groups is 2. The van der Waals surface area contributed by atoms with Gasteiger partial charge in [-0.05, 0) is 18.2 Å². The Hall–Kier alpha value is -2.64. The first-order chi connectivity index (χ1) is 13.5. The van der Waals surface area contributed by atoms with Crippen molar-refractivity contribution in [3.05, 3.63) is 91.7 Å². The van der Waals surface area contributed by atoms with Crippen molar-refractivity contribution in [3.63, 3.8) is 0 Å². The van der Waals surface area contributed by atoms with Crippen LogP contribution in [0.2, 0.25) is 0 Å². The molecule has 1 saturated heterocycles. The fourth-order valence-electron chi connectivity index (χ4n) is 2.66. The van der Waals surface area contributed by atoms with Gasteiger partial charge in [0.1, 0.15) is 0 Å². The lowest BCUT2D eigenvalue weighted by Gasteiger charge is -2.07. The van der Waals surface area contributed by atoms with E-state index in [1.54, 1.807) is 48.5 Å². The predicted molar refractivity (Wildman–Crippen MR) is 114 cm³/mol. The Kier molecular flexibility index (Phi) is 6.49. The number of ketones is 2. The van der Waals surface area contributed by atoms with Crippen LogP contribution in [0.25, 0.3) is 6.08 Å². The number of rotatable bonds is 6. The van der Waals surface area contributed by atoms with Crippen LogP contribution in [0.15, 0.2) is 70.5 Å². The Morgan fingerprint density at radius 3 is 2.43 bits per heavy atom. The third-order valence-corrected chi connectivity index (χ3v) is 6.99. The highest BCUT2D eigenvalue weighted by atomic mass is 32.2. The minimum Gasteiger partial charge on any atom is -0.289 e. The van der Waals surface area contributed by atoms with E-state index < -0.39 is 10.7 Å². The monoisotopic (exact) mass is 411 g/mol. The van der Waals surface area contributed by atoms with Crippen LogP contribution in [0.1, 0.15) is 22.8 Å². The maximum atomic E-state index is 13.0. The summed E-state index contributed by atoms with van der Waals surface area (Å²) in [6.07, 6.45) is 2.64. The van der Waals surface area contributed by atoms with Crippen molar-refractivity contribution in [1.82, 2.24) is 0 Å². The van der Waals surface area contributed by atoms with Crippen LogP contribution in [0.4, 0.5) is 5.69 Å². The highest BCUT2D eigenvalue weighted by Gasteiger charge is 2.28. The van der Waals surface area contributed by atoms with Gasteiger partial charge in [-0.25, -0.2) is 0 Å². The number of hydrogen-bond donors (Lipinski definition) is 0. The first kappa shape index (κ1) is 20.1. The Balaban J connectivity index is 1.97. The van der Waals surface area contributed by atoms with Gasteiger partial charge >= 0.3 is 0 Å². The molecule has 0 spiro atoms. The molecule has 1 aliphatic rings. The fourth-order valence-corrected chi connectivity index (χ4v) is 5.50. The third kappa shape index (κ3) is 4.61. The zero-order chi connectivity index (χ0) is 20.1. The number of carbonyl (C=O) groups excluding carboxylic acids is 2. The molecule has 0 aliphatic carbocycles. The van der Waals surface area contributed by atoms with Gasteiger partial charge in [-0.1, -0.05) is 49.4 Å². The average Bonchev–Trinajstić information content (AvgIpc) is 3.13. The van der Waals surface area contributed by atoms with Gasteiger partial charge in [-0.15, -0.1) is 23.5 Å². The summed E-state index contributed by atoms with van der Waals surface area (Å²) in [6, 6.07) is 14.8. The summed E-state index contributed by atoms with van der Waals surface area (Å²) < 4.78 is 0.707. The summed E-state index contributed by atoms with van der Waals surface area (Å²) in [5, 5.41) is 11.5. The summed E-state index contributed by atoms with van der Waals surface area (Å²) >= 11 is 3.01. The van der Waals surface area contributed by atoms with Gasteiger partial charge in [-0.3, -0.25) is 19.7 Å². The van der Waals surface area contributed by atoms with Crippen molar-refractivity contribution in [2.75, 3.05) is 5.75 Å². The number of allylic oxidation sites excluding steroid dienone is 2. The van der Waals surface area contributed by atoms with Crippen molar-refractivity contribution in [3.8, 4) is 0 Å². The zero-order valence-electron chi connectivity index (χ0n) is 15.0. The first-order valence-electron chi connectivity index (χ1n) is 8.56. The van der Waals surface area contributed by atoms with E-state index in [0.29, 0.717) is 20.6 Å². The van der Waals surface area contributed by atoms with Crippen LogP contribution in [0.3, 0.4) is 0 Å². The number of nitro groups is 1. The quantitative estimate of drug-likeness (QED) is 0.164. The lowest BCUT2D eigenvalue weighted by atomic mass is 10.0. The average molecular weight is 412 g/mol. The smallest absolute Gasteiger partial charge is 0.276 e. The molecule has 28 heavy (non-hydrogen) atoms. The maximum Gasteiger partial charge on any atom is 0.276 e. The van der Waals surface area contributed by atoms with Crippen LogP contribution in [-0.4, -0.2) is 27.5 Å². The molecule has 0 amide bonds. The van der Waals surface area contributed by atoms with Crippen molar-refractivity contribution < 1.29 is 14.5 Å². The van der Waals surface area contributed by atoms with Crippen LogP contribution in [0, 0.1) is 10.1 Å². The molecule has 0 saturated carbocycles. The number of benzene rings is 2. The van der Waals surface area contributed by atoms with Crippen molar-refractivity contribution in [2.45, 2.75) is 12.2 Å². The number of thioether (sulfide) groups is 2. The van der Waals surface area contributed by atoms with Crippen molar-refractivity contribution in [1.29, 1.82) is 0 Å². The molecule has 1 heterocycles. The predicted octanol–water partition coefficient (Wildman–Crippen LogP) is 5.14. The summed E-state index contributed by atoms with van der Waals surface area (Å²) in [5.74, 6) is 0.0465. The molecule has 0 bridgehead atoms. The summed E-state index contributed by atoms with van der Waals surface area (Å²) in [4.78, 5) is 36.6. The molecule has 0 N–H and O–H groups in total. The second-order valence-electron chi connectivity index (χ2n) is 6.11. The van der Waals surface area contributed by atoms with Crippen LogP contribution >= 0.6 is 23.5 Å². The van der Waals surface area contributed by atoms with E-state index in [-0.39, 0.29) is 17.0 Å². The number of para-hydroxylation sites is 1. The number of nitro benzene ring substituents is 1. The maximum absolute atomic E-state index is 13.0. The van der Waals surface area contributed by atoms with E-state index in [4.69, 9.17) is 0 Å². The van der Waals surface area contributed by atoms with Gasteiger partial charge in [0.15, 0.2) is 11.6 Å². The second kappa shape index (κ2) is 9.03. The van der Waals surface area contributed by atoms with Crippen LogP contribution in [-0.2, 0) is 4.79 Å². The second-order valence-corrected chi connectivity index (χ2v) is 8.85. The first-order valence-corrected chi connectivity index (χ1v) is 10.4. The Labute approximate surface area is 171 Å². The highest BCUT2D eigenvalue weighted by molar-refractivity contribution is 8.25. The molecular weight excluding hydrogens is 394 g/mol. The van der Waals surface area contributed by atoms with Crippen molar-refractivity contribution >= 4 is 46.9 Å². The van der Waals surface area contributed by atoms with Gasteiger partial charge in [0.2, 0.25) is 0 Å². The molecule has 3 rings (SSSR count). The minimum atomic E-state index is -0.497. The van der Waals surface area contributed by atoms with Crippen molar-refractivity contribution in [2.24, 2.45) is 0 Å². The van der Waals surface area contributed by atoms with Crippen LogP contribution < -0.4 is 0 Å². The van der Waals surface area contributed by atoms with Crippen LogP contribution in [0.5, 0.6) is 0 Å². The highest BCUT2D eigenvalue weighted by Crippen LogP contribution is 2.44. The molecule has 0 unspecified atom stereocenters. The molecule has 2 aromatic carbocycles. The molecule has 142 valence electrons. The molecule has 1 aliphatic heterocycles. The summed E-state index contributed by atoms with van der Waals surface area (Å²) in [6.45, 7) is 2.04. The molecule has 5 nitrogen and oxygen atoms in total. The molecule has 0 radical (unpaired) electrons. The van der Waals surface area contributed by atoms with E-state index in [1.807, 2.05) is 6.92 Å². The zero-order valence-corrected chi connectivity index (χ0v) is 16.7. The number of hydrogen-bond acceptors (Lipinski definition) is 6. The Bertz CT molecular complexity index is 983. The molecular formula is C21H17NO4S2. The summed E-state index contributed by atoms with van der Waals surface area (Å²) in [5.41, 5.74) is 0.796. The van der Waals surface area contributed by atoms with E-state index in [1.165, 1.54) is 41.7 Å². The van der Waals surface area contributed by atoms with Gasteiger partial charge in [-0.2, -0.15) is 0 Å². The molecule has 2 aromatic rings. The lowest BCUT2D eigenvalue weighted by Crippen LogP contribution is -2.13. The third-order valence-electron chi connectivity index (χ3n) is 4.02. The van der Waals surface area contributed by atoms with Gasteiger partial charge in [0.05, 0.1) is 20.3 Å². The van der Waals surface area contributed by atoms with E-state index >= 15 is 0 Å². The van der Waals surface area contributed by atoms with E-state index in [9.17, 15) is 19.7 Å². The standard InChI is InChI=1S/C21H17NO4S2/c1-14-13-27-21(28-14)19(20(24)16-8-3-2-4-9-16)18(23)12-11-15-7-5-6-10-17(15)22(25)26/h2-12,14H,13H2,1H3/b12-11+,21-19+/t14-/m1/s1. The van der Waals surface area contributed by atoms with E-state index in [0.717, 1.165) is 5.75 Å². The van der Waals surface area contributed by atoms with Gasteiger partial charge in [0, 0.05) is 22.6 Å². The molecule has 1 fully saturated rings. The SMILES string of the molecule is C[C@@H]1CS/C(=C(/C(=O)/C=C/c2ccccc2[N+](=O)[O-])C(=O)c2ccccc2)S1. The summed E-state index contributed by atoms with van der Waals surface area (Å²) in [7, 11) is 0. The Morgan fingerprint density at radius 2 is 1.79 bits per heavy atom. The molecule has 7 heteroatoms. The topological polar surface area (TPSA) is 77.3 Å². The lowest BCUT2D eigenvalue weighted by molar-refractivity contribution is -0.385. The molecule has 1 atom stereocenters. The molecule has 0 aromatic heterocycles. The Morgan fingerprint density at radius 1 is 1.11 bits per heavy atom. The number of Topliss-reactive ketones (excluding diaryl/α,β-unsaturated/α-hetero) is 1. The minimum absolute atomic E-state index is 0.0895. The largest absolute Gasteiger partial charge is 0.289 e.